The molecule has 86 valence electrons. The molecule has 2 heterocycles. The van der Waals surface area contributed by atoms with Gasteiger partial charge in [-0.05, 0) is 6.92 Å². The quantitative estimate of drug-likeness (QED) is 0.807. The Hall–Kier alpha value is -0.750. The lowest BCUT2D eigenvalue weighted by molar-refractivity contribution is -0.0561. The van der Waals surface area contributed by atoms with Gasteiger partial charge >= 0.3 is 0 Å². The highest BCUT2D eigenvalue weighted by molar-refractivity contribution is 5.85. The Bertz CT molecular complexity index is 331. The van der Waals surface area contributed by atoms with E-state index >= 15 is 0 Å². The maximum absolute atomic E-state index is 13.4. The van der Waals surface area contributed by atoms with Crippen molar-refractivity contribution in [2.75, 3.05) is 13.1 Å². The van der Waals surface area contributed by atoms with Gasteiger partial charge in [0.1, 0.15) is 5.92 Å². The first-order chi connectivity index (χ1) is 6.59. The van der Waals surface area contributed by atoms with Crippen molar-refractivity contribution >= 4 is 12.4 Å². The Morgan fingerprint density at radius 2 is 2.27 bits per heavy atom. The number of rotatable bonds is 1. The molecule has 4 nitrogen and oxygen atoms in total. The van der Waals surface area contributed by atoms with Crippen LogP contribution in [0, 0.1) is 6.92 Å². The van der Waals surface area contributed by atoms with Gasteiger partial charge in [-0.2, -0.15) is 4.98 Å². The third kappa shape index (κ3) is 2.43. The highest BCUT2D eigenvalue weighted by Crippen LogP contribution is 2.36. The third-order valence-corrected chi connectivity index (χ3v) is 2.33. The molecule has 1 aromatic rings. The van der Waals surface area contributed by atoms with E-state index in [4.69, 9.17) is 4.52 Å². The van der Waals surface area contributed by atoms with Gasteiger partial charge in [0.15, 0.2) is 5.82 Å². The zero-order chi connectivity index (χ0) is 10.2. The van der Waals surface area contributed by atoms with Gasteiger partial charge in [-0.15, -0.1) is 12.4 Å². The van der Waals surface area contributed by atoms with Gasteiger partial charge < -0.3 is 9.84 Å². The van der Waals surface area contributed by atoms with E-state index in [2.05, 4.69) is 15.5 Å². The van der Waals surface area contributed by atoms with Crippen LogP contribution >= 0.6 is 12.4 Å². The number of nitrogens with one attached hydrogen (secondary N) is 1. The van der Waals surface area contributed by atoms with Crippen LogP contribution in [0.4, 0.5) is 8.78 Å². The summed E-state index contributed by atoms with van der Waals surface area (Å²) in [5, 5.41) is 6.40. The van der Waals surface area contributed by atoms with E-state index in [1.165, 1.54) is 0 Å². The largest absolute Gasteiger partial charge is 0.339 e. The molecular weight excluding hydrogens is 228 g/mol. The summed E-state index contributed by atoms with van der Waals surface area (Å²) in [6.07, 6.45) is -0.181. The van der Waals surface area contributed by atoms with Crippen molar-refractivity contribution in [3.8, 4) is 0 Å². The molecule has 15 heavy (non-hydrogen) atoms. The van der Waals surface area contributed by atoms with E-state index in [1.54, 1.807) is 6.92 Å². The number of hydrogen-bond donors (Lipinski definition) is 1. The van der Waals surface area contributed by atoms with Crippen LogP contribution in [0.5, 0.6) is 0 Å². The molecule has 1 aliphatic rings. The van der Waals surface area contributed by atoms with Gasteiger partial charge in [-0.3, -0.25) is 0 Å². The van der Waals surface area contributed by atoms with Gasteiger partial charge in [-0.25, -0.2) is 8.78 Å². The highest BCUT2D eigenvalue weighted by Gasteiger charge is 2.45. The molecule has 1 fully saturated rings. The number of aryl methyl sites for hydroxylation is 1. The van der Waals surface area contributed by atoms with Gasteiger partial charge in [0.25, 0.3) is 5.92 Å². The predicted molar refractivity (Wildman–Crippen MR) is 51.5 cm³/mol. The number of aromatic nitrogens is 2. The maximum Gasteiger partial charge on any atom is 0.262 e. The fourth-order valence-electron chi connectivity index (χ4n) is 1.55. The van der Waals surface area contributed by atoms with E-state index < -0.39 is 11.8 Å². The lowest BCUT2D eigenvalue weighted by Gasteiger charge is -2.29. The SMILES string of the molecule is Cc1noc(C2CNCCC2(F)F)n1.Cl. The molecule has 0 aromatic carbocycles. The number of piperidine rings is 1. The molecule has 0 aliphatic carbocycles. The third-order valence-electron chi connectivity index (χ3n) is 2.33. The van der Waals surface area contributed by atoms with E-state index in [1.807, 2.05) is 0 Å². The minimum atomic E-state index is -2.75. The topological polar surface area (TPSA) is 51.0 Å². The van der Waals surface area contributed by atoms with E-state index in [-0.39, 0.29) is 31.3 Å². The molecule has 1 saturated heterocycles. The van der Waals surface area contributed by atoms with Gasteiger partial charge in [-0.1, -0.05) is 5.16 Å². The molecule has 2 rings (SSSR count). The first kappa shape index (κ1) is 12.3. The summed E-state index contributed by atoms with van der Waals surface area (Å²) in [5.74, 6) is -3.32. The molecule has 1 aliphatic heterocycles. The van der Waals surface area contributed by atoms with Crippen LogP contribution in [0.2, 0.25) is 0 Å². The van der Waals surface area contributed by atoms with Crippen molar-refractivity contribution in [2.45, 2.75) is 25.2 Å². The molecule has 0 bridgehead atoms. The van der Waals surface area contributed by atoms with E-state index in [9.17, 15) is 8.78 Å². The van der Waals surface area contributed by atoms with Crippen molar-refractivity contribution in [1.29, 1.82) is 0 Å². The molecule has 1 aromatic heterocycles. The van der Waals surface area contributed by atoms with Gasteiger partial charge in [0.2, 0.25) is 5.89 Å². The smallest absolute Gasteiger partial charge is 0.262 e. The molecular formula is C8H12ClF2N3O. The molecule has 0 radical (unpaired) electrons. The van der Waals surface area contributed by atoms with Crippen LogP contribution in [0.3, 0.4) is 0 Å². The lowest BCUT2D eigenvalue weighted by Crippen LogP contribution is -2.43. The Morgan fingerprint density at radius 1 is 1.53 bits per heavy atom. The van der Waals surface area contributed by atoms with Crippen molar-refractivity contribution in [2.24, 2.45) is 0 Å². The lowest BCUT2D eigenvalue weighted by atomic mass is 9.95. The van der Waals surface area contributed by atoms with Gasteiger partial charge in [0.05, 0.1) is 0 Å². The van der Waals surface area contributed by atoms with Crippen molar-refractivity contribution in [1.82, 2.24) is 15.5 Å². The Balaban J connectivity index is 0.00000112. The summed E-state index contributed by atoms with van der Waals surface area (Å²) < 4.78 is 31.6. The van der Waals surface area contributed by atoms with Crippen LogP contribution < -0.4 is 5.32 Å². The standard InChI is InChI=1S/C8H11F2N3O.ClH/c1-5-12-7(14-13-5)6-4-11-3-2-8(6,9)10;/h6,11H,2-4H2,1H3;1H. The number of nitrogens with zero attached hydrogens (tertiary/aromatic N) is 2. The van der Waals surface area contributed by atoms with E-state index in [0.717, 1.165) is 0 Å². The second kappa shape index (κ2) is 4.40. The number of hydrogen-bond acceptors (Lipinski definition) is 4. The fraction of sp³-hybridized carbons (Fsp3) is 0.750. The minimum Gasteiger partial charge on any atom is -0.339 e. The normalized spacial score (nSPS) is 24.6. The molecule has 0 amide bonds. The number of alkyl halides is 2. The minimum absolute atomic E-state index is 0. The molecule has 1 N–H and O–H groups in total. The summed E-state index contributed by atoms with van der Waals surface area (Å²) in [5.41, 5.74) is 0. The Labute approximate surface area is 91.8 Å². The zero-order valence-electron chi connectivity index (χ0n) is 8.17. The second-order valence-electron chi connectivity index (χ2n) is 3.45. The van der Waals surface area contributed by atoms with Crippen molar-refractivity contribution < 1.29 is 13.3 Å². The highest BCUT2D eigenvalue weighted by atomic mass is 35.5. The Morgan fingerprint density at radius 3 is 2.80 bits per heavy atom. The fourth-order valence-corrected chi connectivity index (χ4v) is 1.55. The van der Waals surface area contributed by atoms with Gasteiger partial charge in [0, 0.05) is 19.5 Å². The first-order valence-electron chi connectivity index (χ1n) is 4.48. The molecule has 1 atom stereocenters. The van der Waals surface area contributed by atoms with Crippen LogP contribution in [0.1, 0.15) is 24.1 Å². The monoisotopic (exact) mass is 239 g/mol. The Kier molecular flexibility index (Phi) is 3.62. The summed E-state index contributed by atoms with van der Waals surface area (Å²) in [7, 11) is 0. The molecule has 1 unspecified atom stereocenters. The van der Waals surface area contributed by atoms with Crippen LogP contribution in [0.15, 0.2) is 4.52 Å². The van der Waals surface area contributed by atoms with Crippen LogP contribution in [-0.4, -0.2) is 29.2 Å². The predicted octanol–water partition coefficient (Wildman–Crippen LogP) is 1.51. The maximum atomic E-state index is 13.4. The van der Waals surface area contributed by atoms with Crippen molar-refractivity contribution in [3.05, 3.63) is 11.7 Å². The zero-order valence-corrected chi connectivity index (χ0v) is 8.98. The summed E-state index contributed by atoms with van der Waals surface area (Å²) >= 11 is 0. The molecule has 0 spiro atoms. The molecule has 7 heteroatoms. The number of halogens is 3. The first-order valence-corrected chi connectivity index (χ1v) is 4.48. The summed E-state index contributed by atoms with van der Waals surface area (Å²) in [4.78, 5) is 3.83. The molecule has 0 saturated carbocycles. The van der Waals surface area contributed by atoms with E-state index in [0.29, 0.717) is 12.4 Å². The van der Waals surface area contributed by atoms with Crippen LogP contribution in [-0.2, 0) is 0 Å². The average molecular weight is 240 g/mol. The van der Waals surface area contributed by atoms with Crippen LogP contribution in [0.25, 0.3) is 0 Å². The summed E-state index contributed by atoms with van der Waals surface area (Å²) in [6.45, 7) is 2.13. The van der Waals surface area contributed by atoms with Crippen molar-refractivity contribution in [3.63, 3.8) is 0 Å². The second-order valence-corrected chi connectivity index (χ2v) is 3.45. The average Bonchev–Trinajstić information content (AvgIpc) is 2.51. The summed E-state index contributed by atoms with van der Waals surface area (Å²) in [6, 6.07) is 0.